The summed E-state index contributed by atoms with van der Waals surface area (Å²) in [6.07, 6.45) is 1.61. The van der Waals surface area contributed by atoms with Crippen LogP contribution in [0.1, 0.15) is 16.7 Å². The Kier molecular flexibility index (Phi) is 4.94. The van der Waals surface area contributed by atoms with Crippen LogP contribution in [0.3, 0.4) is 0 Å². The molecule has 0 unspecified atom stereocenters. The lowest BCUT2D eigenvalue weighted by atomic mass is 10.2. The number of nitrogens with two attached hydrogens (primary N) is 1. The first-order chi connectivity index (χ1) is 15.9. The van der Waals surface area contributed by atoms with Crippen molar-refractivity contribution < 1.29 is 8.42 Å². The van der Waals surface area contributed by atoms with Crippen LogP contribution in [-0.2, 0) is 9.84 Å². The number of aryl methyl sites for hydroxylation is 2. The van der Waals surface area contributed by atoms with Gasteiger partial charge in [-0.05, 0) is 48.7 Å². The molecule has 0 aliphatic heterocycles. The second-order valence-corrected chi connectivity index (χ2v) is 9.69. The zero-order chi connectivity index (χ0) is 23.2. The molecule has 0 spiro atoms. The van der Waals surface area contributed by atoms with Gasteiger partial charge >= 0.3 is 0 Å². The lowest BCUT2D eigenvalue weighted by Crippen LogP contribution is -2.08. The van der Waals surface area contributed by atoms with E-state index in [2.05, 4.69) is 15.1 Å². The standard InChI is InChI=1S/C25H21N5O2S/c1-16-12-13-17(2)21(14-16)33(31,32)23-22-25(29-20-11-7-6-10-19(20)28-22)30(24(23)26)27-15-18-8-4-3-5-9-18/h3-15H,26H2,1-2H3. The van der Waals surface area contributed by atoms with Gasteiger partial charge in [0.25, 0.3) is 0 Å². The average molecular weight is 456 g/mol. The number of nitrogens with zero attached hydrogens (tertiary/aromatic N) is 4. The Morgan fingerprint density at radius 3 is 2.30 bits per heavy atom. The van der Waals surface area contributed by atoms with E-state index in [4.69, 9.17) is 5.73 Å². The van der Waals surface area contributed by atoms with Crippen molar-refractivity contribution in [2.24, 2.45) is 5.10 Å². The summed E-state index contributed by atoms with van der Waals surface area (Å²) in [6.45, 7) is 3.61. The fourth-order valence-corrected chi connectivity index (χ4v) is 5.58. The van der Waals surface area contributed by atoms with Crippen LogP contribution in [0.4, 0.5) is 5.82 Å². The van der Waals surface area contributed by atoms with Crippen LogP contribution in [0.15, 0.2) is 87.7 Å². The maximum Gasteiger partial charge on any atom is 0.212 e. The lowest BCUT2D eigenvalue weighted by Gasteiger charge is -2.09. The van der Waals surface area contributed by atoms with Crippen LogP contribution < -0.4 is 5.73 Å². The van der Waals surface area contributed by atoms with Crippen LogP contribution in [0, 0.1) is 13.8 Å². The molecule has 0 saturated carbocycles. The van der Waals surface area contributed by atoms with Crippen LogP contribution >= 0.6 is 0 Å². The molecule has 5 rings (SSSR count). The van der Waals surface area contributed by atoms with Gasteiger partial charge in [0.2, 0.25) is 9.84 Å². The van der Waals surface area contributed by atoms with E-state index in [1.165, 1.54) is 4.68 Å². The van der Waals surface area contributed by atoms with Gasteiger partial charge in [-0.3, -0.25) is 0 Å². The van der Waals surface area contributed by atoms with E-state index in [1.54, 1.807) is 31.3 Å². The highest BCUT2D eigenvalue weighted by molar-refractivity contribution is 7.92. The molecular weight excluding hydrogens is 434 g/mol. The number of nitrogen functional groups attached to an aromatic ring is 1. The number of hydrogen-bond acceptors (Lipinski definition) is 6. The van der Waals surface area contributed by atoms with Crippen molar-refractivity contribution in [1.29, 1.82) is 0 Å². The van der Waals surface area contributed by atoms with Crippen molar-refractivity contribution in [2.45, 2.75) is 23.6 Å². The zero-order valence-electron chi connectivity index (χ0n) is 18.1. The maximum atomic E-state index is 13.9. The molecule has 0 fully saturated rings. The van der Waals surface area contributed by atoms with Gasteiger partial charge in [0.15, 0.2) is 5.65 Å². The molecule has 0 amide bonds. The molecule has 8 heteroatoms. The molecule has 0 saturated heterocycles. The van der Waals surface area contributed by atoms with Gasteiger partial charge in [-0.2, -0.15) is 9.78 Å². The first-order valence-electron chi connectivity index (χ1n) is 10.3. The monoisotopic (exact) mass is 455 g/mol. The van der Waals surface area contributed by atoms with Gasteiger partial charge in [0.05, 0.1) is 22.1 Å². The number of fused-ring (bicyclic) bond motifs is 2. The third-order valence-electron chi connectivity index (χ3n) is 5.45. The Morgan fingerprint density at radius 2 is 1.58 bits per heavy atom. The quantitative estimate of drug-likeness (QED) is 0.402. The van der Waals surface area contributed by atoms with Crippen LogP contribution in [0.2, 0.25) is 0 Å². The molecular formula is C25H21N5O2S. The molecule has 5 aromatic rings. The normalized spacial score (nSPS) is 12.2. The number of benzene rings is 3. The fraction of sp³-hybridized carbons (Fsp3) is 0.0800. The largest absolute Gasteiger partial charge is 0.382 e. The molecule has 0 atom stereocenters. The van der Waals surface area contributed by atoms with E-state index in [0.29, 0.717) is 16.6 Å². The Morgan fingerprint density at radius 1 is 0.909 bits per heavy atom. The highest BCUT2D eigenvalue weighted by atomic mass is 32.2. The number of anilines is 1. The Bertz CT molecular complexity index is 1660. The van der Waals surface area contributed by atoms with E-state index in [0.717, 1.165) is 11.1 Å². The highest BCUT2D eigenvalue weighted by Crippen LogP contribution is 2.36. The first-order valence-corrected chi connectivity index (χ1v) is 11.8. The van der Waals surface area contributed by atoms with E-state index >= 15 is 0 Å². The van der Waals surface area contributed by atoms with Gasteiger partial charge < -0.3 is 5.73 Å². The molecule has 0 bridgehead atoms. The van der Waals surface area contributed by atoms with Gasteiger partial charge in [0, 0.05) is 0 Å². The summed E-state index contributed by atoms with van der Waals surface area (Å²) in [5.74, 6) is -0.0339. The molecule has 164 valence electrons. The van der Waals surface area contributed by atoms with Crippen molar-refractivity contribution in [3.63, 3.8) is 0 Å². The number of sulfone groups is 1. The summed E-state index contributed by atoms with van der Waals surface area (Å²) in [7, 11) is -4.00. The summed E-state index contributed by atoms with van der Waals surface area (Å²) in [4.78, 5) is 9.40. The van der Waals surface area contributed by atoms with E-state index in [1.807, 2.05) is 61.5 Å². The second-order valence-electron chi connectivity index (χ2n) is 7.84. The smallest absolute Gasteiger partial charge is 0.212 e. The Balaban J connectivity index is 1.83. The number of rotatable bonds is 4. The summed E-state index contributed by atoms with van der Waals surface area (Å²) in [5.41, 5.74) is 10.4. The third kappa shape index (κ3) is 3.54. The van der Waals surface area contributed by atoms with Crippen molar-refractivity contribution in [2.75, 3.05) is 5.73 Å². The van der Waals surface area contributed by atoms with Crippen LogP contribution in [0.25, 0.3) is 22.2 Å². The maximum absolute atomic E-state index is 13.9. The molecule has 3 aromatic carbocycles. The summed E-state index contributed by atoms with van der Waals surface area (Å²) < 4.78 is 29.1. The summed E-state index contributed by atoms with van der Waals surface area (Å²) in [5, 5.41) is 4.48. The van der Waals surface area contributed by atoms with Crippen molar-refractivity contribution in [3.8, 4) is 0 Å². The molecule has 0 aliphatic rings. The molecule has 0 radical (unpaired) electrons. The van der Waals surface area contributed by atoms with Gasteiger partial charge in [-0.25, -0.2) is 18.4 Å². The zero-order valence-corrected chi connectivity index (χ0v) is 18.9. The number of hydrogen-bond donors (Lipinski definition) is 1. The molecule has 2 N–H and O–H groups in total. The topological polar surface area (TPSA) is 103 Å². The third-order valence-corrected chi connectivity index (χ3v) is 7.41. The van der Waals surface area contributed by atoms with E-state index in [9.17, 15) is 8.42 Å². The molecule has 33 heavy (non-hydrogen) atoms. The summed E-state index contributed by atoms with van der Waals surface area (Å²) in [6, 6.07) is 22.1. The van der Waals surface area contributed by atoms with Crippen molar-refractivity contribution in [1.82, 2.24) is 14.6 Å². The lowest BCUT2D eigenvalue weighted by molar-refractivity contribution is 0.596. The predicted molar refractivity (Wildman–Crippen MR) is 130 cm³/mol. The highest BCUT2D eigenvalue weighted by Gasteiger charge is 2.31. The van der Waals surface area contributed by atoms with Crippen molar-refractivity contribution >= 4 is 44.1 Å². The van der Waals surface area contributed by atoms with Gasteiger partial charge in [-0.1, -0.05) is 54.6 Å². The Labute approximate surface area is 191 Å². The number of aromatic nitrogens is 3. The van der Waals surface area contributed by atoms with E-state index in [-0.39, 0.29) is 26.8 Å². The fourth-order valence-electron chi connectivity index (χ4n) is 3.77. The minimum atomic E-state index is -4.00. The molecule has 2 heterocycles. The van der Waals surface area contributed by atoms with Gasteiger partial charge in [0.1, 0.15) is 16.2 Å². The van der Waals surface area contributed by atoms with Crippen LogP contribution in [-0.4, -0.2) is 29.3 Å². The first kappa shape index (κ1) is 20.8. The van der Waals surface area contributed by atoms with E-state index < -0.39 is 9.84 Å². The molecule has 0 aliphatic carbocycles. The summed E-state index contributed by atoms with van der Waals surface area (Å²) >= 11 is 0. The minimum Gasteiger partial charge on any atom is -0.382 e. The van der Waals surface area contributed by atoms with Gasteiger partial charge in [-0.15, -0.1) is 0 Å². The number of para-hydroxylation sites is 2. The minimum absolute atomic E-state index is 0.0339. The molecule has 2 aromatic heterocycles. The second kappa shape index (κ2) is 7.83. The Hall–Kier alpha value is -4.04. The molecule has 7 nitrogen and oxygen atoms in total. The van der Waals surface area contributed by atoms with Crippen molar-refractivity contribution in [3.05, 3.63) is 89.5 Å². The predicted octanol–water partition coefficient (Wildman–Crippen LogP) is 4.50. The average Bonchev–Trinajstić information content (AvgIpc) is 3.09. The van der Waals surface area contributed by atoms with Crippen LogP contribution in [0.5, 0.6) is 0 Å². The SMILES string of the molecule is Cc1ccc(C)c(S(=O)(=O)c2c(N)n(N=Cc3ccccc3)c3nc4ccccc4nc23)c1.